The fourth-order valence-corrected chi connectivity index (χ4v) is 3.40. The normalized spacial score (nSPS) is 11.8. The molecule has 0 radical (unpaired) electrons. The zero-order valence-electron chi connectivity index (χ0n) is 14.4. The first kappa shape index (κ1) is 18.8. The summed E-state index contributed by atoms with van der Waals surface area (Å²) in [5.41, 5.74) is 1.74. The highest BCUT2D eigenvalue weighted by atomic mass is 35.5. The average Bonchev–Trinajstić information content (AvgIpc) is 3.36. The van der Waals surface area contributed by atoms with Crippen molar-refractivity contribution in [3.8, 4) is 10.8 Å². The first-order valence-electron chi connectivity index (χ1n) is 8.08. The van der Waals surface area contributed by atoms with Crippen LogP contribution in [0.5, 0.6) is 0 Å². The van der Waals surface area contributed by atoms with Gasteiger partial charge in [-0.05, 0) is 24.4 Å². The predicted molar refractivity (Wildman–Crippen MR) is 107 cm³/mol. The van der Waals surface area contributed by atoms with Gasteiger partial charge >= 0.3 is 0 Å². The minimum absolute atomic E-state index is 0.416. The van der Waals surface area contributed by atoms with E-state index < -0.39 is 0 Å². The maximum absolute atomic E-state index is 6.10. The second-order valence-electron chi connectivity index (χ2n) is 5.50. The molecule has 3 rings (SSSR count). The third-order valence-corrected chi connectivity index (χ3v) is 5.38. The van der Waals surface area contributed by atoms with Gasteiger partial charge in [0.1, 0.15) is 17.1 Å². The SMILES string of the molecule is CCNC(=NCc1coc(-c2cccs2)n1)NCc1cc(Cl)c(Cl)n1C. The Hall–Kier alpha value is -1.96. The summed E-state index contributed by atoms with van der Waals surface area (Å²) in [4.78, 5) is 10.0. The zero-order valence-corrected chi connectivity index (χ0v) is 16.8. The van der Waals surface area contributed by atoms with E-state index in [1.54, 1.807) is 17.6 Å². The molecule has 3 heterocycles. The molecule has 0 bridgehead atoms. The van der Waals surface area contributed by atoms with E-state index in [0.717, 1.165) is 22.8 Å². The standard InChI is InChI=1S/C17H19Cl2N5OS/c1-3-20-17(22-9-12-7-13(18)15(19)24(12)2)21-8-11-10-25-16(23-11)14-5-4-6-26-14/h4-7,10H,3,8-9H2,1-2H3,(H2,20,21,22). The van der Waals surface area contributed by atoms with Crippen molar-refractivity contribution in [2.24, 2.45) is 12.0 Å². The number of hydrogen-bond acceptors (Lipinski definition) is 4. The van der Waals surface area contributed by atoms with Crippen LogP contribution in [0.15, 0.2) is 39.3 Å². The van der Waals surface area contributed by atoms with Crippen LogP contribution in [0.3, 0.4) is 0 Å². The van der Waals surface area contributed by atoms with Gasteiger partial charge < -0.3 is 19.6 Å². The number of aliphatic imine (C=N–C) groups is 1. The fourth-order valence-electron chi connectivity index (χ4n) is 2.33. The summed E-state index contributed by atoms with van der Waals surface area (Å²) in [6.45, 7) is 3.73. The average molecular weight is 412 g/mol. The summed E-state index contributed by atoms with van der Waals surface area (Å²) >= 11 is 13.7. The smallest absolute Gasteiger partial charge is 0.236 e. The van der Waals surface area contributed by atoms with Crippen molar-refractivity contribution in [3.05, 3.63) is 51.4 Å². The summed E-state index contributed by atoms with van der Waals surface area (Å²) in [5.74, 6) is 1.30. The predicted octanol–water partition coefficient (Wildman–Crippen LogP) is 4.30. The highest BCUT2D eigenvalue weighted by Crippen LogP contribution is 2.25. The third-order valence-electron chi connectivity index (χ3n) is 3.68. The monoisotopic (exact) mass is 411 g/mol. The van der Waals surface area contributed by atoms with Crippen molar-refractivity contribution in [2.75, 3.05) is 6.54 Å². The summed E-state index contributed by atoms with van der Waals surface area (Å²) in [6, 6.07) is 5.79. The van der Waals surface area contributed by atoms with Crippen LogP contribution in [0.1, 0.15) is 18.3 Å². The Labute approximate surface area is 165 Å². The molecule has 0 aliphatic heterocycles. The Balaban J connectivity index is 1.64. The quantitative estimate of drug-likeness (QED) is 0.468. The summed E-state index contributed by atoms with van der Waals surface area (Å²) in [6.07, 6.45) is 1.64. The molecule has 2 N–H and O–H groups in total. The van der Waals surface area contributed by atoms with Crippen LogP contribution < -0.4 is 10.6 Å². The van der Waals surface area contributed by atoms with E-state index in [4.69, 9.17) is 27.6 Å². The summed E-state index contributed by atoms with van der Waals surface area (Å²) in [5, 5.41) is 9.53. The van der Waals surface area contributed by atoms with Gasteiger partial charge in [0.25, 0.3) is 0 Å². The lowest BCUT2D eigenvalue weighted by atomic mass is 10.4. The van der Waals surface area contributed by atoms with Gasteiger partial charge in [-0.25, -0.2) is 9.98 Å². The van der Waals surface area contributed by atoms with Gasteiger partial charge in [-0.3, -0.25) is 0 Å². The Bertz CT molecular complexity index is 885. The maximum Gasteiger partial charge on any atom is 0.236 e. The van der Waals surface area contributed by atoms with Crippen molar-refractivity contribution in [3.63, 3.8) is 0 Å². The maximum atomic E-state index is 6.10. The fraction of sp³-hybridized carbons (Fsp3) is 0.294. The van der Waals surface area contributed by atoms with Crippen molar-refractivity contribution in [1.29, 1.82) is 0 Å². The van der Waals surface area contributed by atoms with Gasteiger partial charge in [-0.15, -0.1) is 11.3 Å². The molecular formula is C17H19Cl2N5OS. The van der Waals surface area contributed by atoms with E-state index in [-0.39, 0.29) is 0 Å². The third kappa shape index (κ3) is 4.41. The molecule has 0 saturated carbocycles. The van der Waals surface area contributed by atoms with Gasteiger partial charge in [0.2, 0.25) is 5.89 Å². The molecule has 0 aliphatic rings. The van der Waals surface area contributed by atoms with Crippen molar-refractivity contribution in [1.82, 2.24) is 20.2 Å². The summed E-state index contributed by atoms with van der Waals surface area (Å²) < 4.78 is 7.36. The van der Waals surface area contributed by atoms with Crippen LogP contribution in [0.4, 0.5) is 0 Å². The molecule has 3 aromatic heterocycles. The van der Waals surface area contributed by atoms with Crippen LogP contribution in [-0.2, 0) is 20.1 Å². The molecule has 0 saturated heterocycles. The minimum Gasteiger partial charge on any atom is -0.443 e. The van der Waals surface area contributed by atoms with Crippen molar-refractivity contribution >= 4 is 40.5 Å². The van der Waals surface area contributed by atoms with Crippen LogP contribution in [0, 0.1) is 0 Å². The van der Waals surface area contributed by atoms with Gasteiger partial charge in [-0.1, -0.05) is 29.3 Å². The molecule has 0 aromatic carbocycles. The first-order chi connectivity index (χ1) is 12.6. The number of thiophene rings is 1. The highest BCUT2D eigenvalue weighted by molar-refractivity contribution is 7.13. The molecule has 0 spiro atoms. The van der Waals surface area contributed by atoms with E-state index >= 15 is 0 Å². The molecule has 9 heteroatoms. The first-order valence-corrected chi connectivity index (χ1v) is 9.72. The Morgan fingerprint density at radius 1 is 1.38 bits per heavy atom. The van der Waals surface area contributed by atoms with Crippen LogP contribution in [-0.4, -0.2) is 22.1 Å². The molecule has 0 aliphatic carbocycles. The molecule has 3 aromatic rings. The van der Waals surface area contributed by atoms with E-state index in [9.17, 15) is 0 Å². The number of halogens is 2. The Kier molecular flexibility index (Phi) is 6.24. The topological polar surface area (TPSA) is 67.4 Å². The molecular weight excluding hydrogens is 393 g/mol. The number of aromatic nitrogens is 2. The molecule has 0 atom stereocenters. The van der Waals surface area contributed by atoms with Crippen LogP contribution >= 0.6 is 34.5 Å². The van der Waals surface area contributed by atoms with E-state index in [1.807, 2.05) is 42.1 Å². The Morgan fingerprint density at radius 2 is 2.23 bits per heavy atom. The minimum atomic E-state index is 0.416. The lowest BCUT2D eigenvalue weighted by Crippen LogP contribution is -2.37. The number of guanidine groups is 1. The number of nitrogens with one attached hydrogen (secondary N) is 2. The number of rotatable bonds is 6. The second-order valence-corrected chi connectivity index (χ2v) is 7.22. The van der Waals surface area contributed by atoms with E-state index in [2.05, 4.69) is 20.6 Å². The zero-order chi connectivity index (χ0) is 18.5. The lowest BCUT2D eigenvalue weighted by Gasteiger charge is -2.11. The number of nitrogens with zero attached hydrogens (tertiary/aromatic N) is 3. The van der Waals surface area contributed by atoms with Crippen LogP contribution in [0.25, 0.3) is 10.8 Å². The molecule has 0 unspecified atom stereocenters. The summed E-state index contributed by atoms with van der Waals surface area (Å²) in [7, 11) is 1.87. The molecule has 0 fully saturated rings. The molecule has 138 valence electrons. The highest BCUT2D eigenvalue weighted by Gasteiger charge is 2.10. The van der Waals surface area contributed by atoms with Gasteiger partial charge in [0.15, 0.2) is 5.96 Å². The number of hydrogen-bond donors (Lipinski definition) is 2. The molecule has 6 nitrogen and oxygen atoms in total. The van der Waals surface area contributed by atoms with Crippen molar-refractivity contribution in [2.45, 2.75) is 20.0 Å². The Morgan fingerprint density at radius 3 is 2.88 bits per heavy atom. The number of oxazole rings is 1. The van der Waals surface area contributed by atoms with Crippen molar-refractivity contribution < 1.29 is 4.42 Å². The van der Waals surface area contributed by atoms with Crippen LogP contribution in [0.2, 0.25) is 10.2 Å². The van der Waals surface area contributed by atoms with E-state index in [0.29, 0.717) is 35.1 Å². The van der Waals surface area contributed by atoms with Gasteiger partial charge in [-0.2, -0.15) is 0 Å². The largest absolute Gasteiger partial charge is 0.443 e. The molecule has 26 heavy (non-hydrogen) atoms. The second kappa shape index (κ2) is 8.62. The molecule has 0 amide bonds. The van der Waals surface area contributed by atoms with Gasteiger partial charge in [0, 0.05) is 19.3 Å². The lowest BCUT2D eigenvalue weighted by molar-refractivity contribution is 0.574. The van der Waals surface area contributed by atoms with E-state index in [1.165, 1.54) is 0 Å². The van der Waals surface area contributed by atoms with Gasteiger partial charge in [0.05, 0.1) is 23.0 Å².